The summed E-state index contributed by atoms with van der Waals surface area (Å²) in [6.45, 7) is 4.96. The van der Waals surface area contributed by atoms with Crippen LogP contribution in [0.15, 0.2) is 36.4 Å². The van der Waals surface area contributed by atoms with Gasteiger partial charge in [0.15, 0.2) is 0 Å². The second kappa shape index (κ2) is 6.12. The first-order chi connectivity index (χ1) is 10.8. The highest BCUT2D eigenvalue weighted by Crippen LogP contribution is 2.36. The SMILES string of the molecule is Cc1ccc2c(c1)c1cc(C)ccc1n2CCCCP(=O)(O)O. The van der Waals surface area contributed by atoms with Crippen LogP contribution in [0.5, 0.6) is 0 Å². The number of unbranched alkanes of at least 4 members (excludes halogenated alkanes) is 1. The maximum absolute atomic E-state index is 11.0. The Morgan fingerprint density at radius 1 is 0.913 bits per heavy atom. The van der Waals surface area contributed by atoms with E-state index in [1.807, 2.05) is 0 Å². The van der Waals surface area contributed by atoms with E-state index >= 15 is 0 Å². The van der Waals surface area contributed by atoms with Gasteiger partial charge < -0.3 is 14.4 Å². The average molecular weight is 331 g/mol. The molecule has 0 atom stereocenters. The van der Waals surface area contributed by atoms with Crippen LogP contribution in [0.2, 0.25) is 0 Å². The fourth-order valence-corrected chi connectivity index (χ4v) is 3.80. The Balaban J connectivity index is 1.99. The Labute approximate surface area is 135 Å². The van der Waals surface area contributed by atoms with Crippen molar-refractivity contribution in [2.24, 2.45) is 0 Å². The van der Waals surface area contributed by atoms with Gasteiger partial charge in [-0.2, -0.15) is 0 Å². The molecule has 4 nitrogen and oxygen atoms in total. The van der Waals surface area contributed by atoms with Crippen molar-refractivity contribution in [3.63, 3.8) is 0 Å². The van der Waals surface area contributed by atoms with Crippen LogP contribution >= 0.6 is 7.60 Å². The third-order valence-electron chi connectivity index (χ3n) is 4.26. The molecule has 0 aliphatic rings. The number of hydrogen-bond acceptors (Lipinski definition) is 1. The van der Waals surface area contributed by atoms with Crippen molar-refractivity contribution >= 4 is 29.4 Å². The molecule has 0 bridgehead atoms. The lowest BCUT2D eigenvalue weighted by atomic mass is 10.1. The predicted octanol–water partition coefficient (Wildman–Crippen LogP) is 4.37. The number of fused-ring (bicyclic) bond motifs is 3. The molecule has 0 spiro atoms. The smallest absolute Gasteiger partial charge is 0.325 e. The lowest BCUT2D eigenvalue weighted by molar-refractivity contribution is 0.370. The van der Waals surface area contributed by atoms with Crippen LogP contribution < -0.4 is 0 Å². The Hall–Kier alpha value is -1.61. The number of hydrogen-bond donors (Lipinski definition) is 2. The summed E-state index contributed by atoms with van der Waals surface area (Å²) in [6, 6.07) is 12.9. The zero-order chi connectivity index (χ0) is 16.6. The van der Waals surface area contributed by atoms with Crippen molar-refractivity contribution < 1.29 is 14.4 Å². The van der Waals surface area contributed by atoms with E-state index in [0.717, 1.165) is 13.0 Å². The third kappa shape index (κ3) is 3.50. The van der Waals surface area contributed by atoms with Crippen LogP contribution in [0.1, 0.15) is 24.0 Å². The number of aryl methyl sites for hydroxylation is 3. The van der Waals surface area contributed by atoms with E-state index in [4.69, 9.17) is 9.79 Å². The van der Waals surface area contributed by atoms with Crippen LogP contribution in [-0.4, -0.2) is 20.5 Å². The van der Waals surface area contributed by atoms with Gasteiger partial charge >= 0.3 is 7.60 Å². The van der Waals surface area contributed by atoms with Crippen LogP contribution in [0.3, 0.4) is 0 Å². The quantitative estimate of drug-likeness (QED) is 0.539. The Bertz CT molecular complexity index is 848. The maximum Gasteiger partial charge on any atom is 0.325 e. The minimum atomic E-state index is -3.89. The van der Waals surface area contributed by atoms with Crippen LogP contribution in [0, 0.1) is 13.8 Å². The zero-order valence-electron chi connectivity index (χ0n) is 13.5. The molecule has 3 rings (SSSR count). The van der Waals surface area contributed by atoms with Crippen LogP contribution in [0.4, 0.5) is 0 Å². The molecular formula is C18H22NO3P. The summed E-state index contributed by atoms with van der Waals surface area (Å²) in [7, 11) is -3.89. The molecule has 2 aromatic carbocycles. The first-order valence-corrected chi connectivity index (χ1v) is 9.69. The second-order valence-electron chi connectivity index (χ2n) is 6.29. The first-order valence-electron chi connectivity index (χ1n) is 7.89. The summed E-state index contributed by atoms with van der Waals surface area (Å²) in [5.74, 6) is 0. The van der Waals surface area contributed by atoms with E-state index in [0.29, 0.717) is 6.42 Å². The summed E-state index contributed by atoms with van der Waals surface area (Å²) >= 11 is 0. The van der Waals surface area contributed by atoms with Gasteiger partial charge in [0.25, 0.3) is 0 Å². The standard InChI is InChI=1S/C18H22NO3P/c1-13-5-7-17-15(11-13)16-12-14(2)6-8-18(16)19(17)9-3-4-10-23(20,21)22/h5-8,11-12H,3-4,9-10H2,1-2H3,(H2,20,21,22). The van der Waals surface area contributed by atoms with Gasteiger partial charge in [-0.3, -0.25) is 4.57 Å². The summed E-state index contributed by atoms with van der Waals surface area (Å²) in [4.78, 5) is 18.0. The molecule has 0 saturated heterocycles. The van der Waals surface area contributed by atoms with E-state index < -0.39 is 7.60 Å². The fourth-order valence-electron chi connectivity index (χ4n) is 3.16. The third-order valence-corrected chi connectivity index (χ3v) is 5.16. The molecule has 0 aliphatic carbocycles. The molecule has 1 heterocycles. The summed E-state index contributed by atoms with van der Waals surface area (Å²) in [5.41, 5.74) is 4.85. The van der Waals surface area contributed by atoms with E-state index in [9.17, 15) is 4.57 Å². The van der Waals surface area contributed by atoms with Gasteiger partial charge in [-0.1, -0.05) is 23.3 Å². The average Bonchev–Trinajstić information content (AvgIpc) is 2.75. The minimum absolute atomic E-state index is 0.0393. The minimum Gasteiger partial charge on any atom is -0.340 e. The molecule has 0 amide bonds. The van der Waals surface area contributed by atoms with Crippen molar-refractivity contribution in [2.75, 3.05) is 6.16 Å². The van der Waals surface area contributed by atoms with E-state index in [-0.39, 0.29) is 6.16 Å². The molecule has 0 saturated carbocycles. The zero-order valence-corrected chi connectivity index (χ0v) is 14.4. The summed E-state index contributed by atoms with van der Waals surface area (Å²) in [5, 5.41) is 2.50. The lowest BCUT2D eigenvalue weighted by Crippen LogP contribution is -1.99. The molecular weight excluding hydrogens is 309 g/mol. The highest BCUT2D eigenvalue weighted by molar-refractivity contribution is 7.51. The van der Waals surface area contributed by atoms with Gasteiger partial charge in [0.2, 0.25) is 0 Å². The molecule has 23 heavy (non-hydrogen) atoms. The Morgan fingerprint density at radius 2 is 1.43 bits per heavy atom. The van der Waals surface area contributed by atoms with Gasteiger partial charge in [-0.15, -0.1) is 0 Å². The molecule has 0 unspecified atom stereocenters. The van der Waals surface area contributed by atoms with Crippen LogP contribution in [-0.2, 0) is 11.1 Å². The number of benzene rings is 2. The van der Waals surface area contributed by atoms with Crippen molar-refractivity contribution in [3.05, 3.63) is 47.5 Å². The fraction of sp³-hybridized carbons (Fsp3) is 0.333. The molecule has 5 heteroatoms. The van der Waals surface area contributed by atoms with Gasteiger partial charge in [0.05, 0.1) is 0 Å². The van der Waals surface area contributed by atoms with E-state index in [2.05, 4.69) is 54.8 Å². The van der Waals surface area contributed by atoms with Gasteiger partial charge in [-0.25, -0.2) is 0 Å². The Morgan fingerprint density at radius 3 is 1.91 bits per heavy atom. The van der Waals surface area contributed by atoms with Gasteiger partial charge in [-0.05, 0) is 51.0 Å². The molecule has 0 aliphatic heterocycles. The topological polar surface area (TPSA) is 62.5 Å². The number of rotatable bonds is 5. The highest BCUT2D eigenvalue weighted by Gasteiger charge is 2.13. The van der Waals surface area contributed by atoms with Crippen molar-refractivity contribution in [1.29, 1.82) is 0 Å². The van der Waals surface area contributed by atoms with Crippen molar-refractivity contribution in [3.8, 4) is 0 Å². The molecule has 0 fully saturated rings. The Kier molecular flexibility index (Phi) is 4.33. The van der Waals surface area contributed by atoms with Gasteiger partial charge in [0.1, 0.15) is 0 Å². The van der Waals surface area contributed by atoms with Gasteiger partial charge in [0, 0.05) is 34.5 Å². The lowest BCUT2D eigenvalue weighted by Gasteiger charge is -2.08. The van der Waals surface area contributed by atoms with Crippen LogP contribution in [0.25, 0.3) is 21.8 Å². The predicted molar refractivity (Wildman–Crippen MR) is 95.1 cm³/mol. The molecule has 3 aromatic rings. The van der Waals surface area contributed by atoms with Crippen molar-refractivity contribution in [1.82, 2.24) is 4.57 Å². The maximum atomic E-state index is 11.0. The summed E-state index contributed by atoms with van der Waals surface area (Å²) < 4.78 is 13.2. The monoisotopic (exact) mass is 331 g/mol. The first kappa shape index (κ1) is 16.3. The van der Waals surface area contributed by atoms with Crippen molar-refractivity contribution in [2.45, 2.75) is 33.2 Å². The number of nitrogens with zero attached hydrogens (tertiary/aromatic N) is 1. The summed E-state index contributed by atoms with van der Waals surface area (Å²) in [6.07, 6.45) is 1.25. The van der Waals surface area contributed by atoms with E-state index in [1.54, 1.807) is 0 Å². The molecule has 0 radical (unpaired) electrons. The molecule has 1 aromatic heterocycles. The second-order valence-corrected chi connectivity index (χ2v) is 8.06. The van der Waals surface area contributed by atoms with E-state index in [1.165, 1.54) is 32.9 Å². The largest absolute Gasteiger partial charge is 0.340 e. The highest BCUT2D eigenvalue weighted by atomic mass is 31.2. The molecule has 2 N–H and O–H groups in total. The normalized spacial score (nSPS) is 12.3. The number of aromatic nitrogens is 1. The molecule has 122 valence electrons.